The summed E-state index contributed by atoms with van der Waals surface area (Å²) in [7, 11) is 5.45. The molecule has 0 bridgehead atoms. The molecule has 26 heavy (non-hydrogen) atoms. The molecule has 0 radical (unpaired) electrons. The molecule has 0 aromatic rings. The van der Waals surface area contributed by atoms with Crippen LogP contribution < -0.4 is 10.6 Å². The third-order valence-corrected chi connectivity index (χ3v) is 6.23. The Morgan fingerprint density at radius 3 is 2.38 bits per heavy atom. The van der Waals surface area contributed by atoms with E-state index in [2.05, 4.69) is 20.5 Å². The summed E-state index contributed by atoms with van der Waals surface area (Å²) in [6.07, 6.45) is 8.96. The molecule has 1 saturated heterocycles. The Morgan fingerprint density at radius 1 is 1.08 bits per heavy atom. The quantitative estimate of drug-likeness (QED) is 0.457. The van der Waals surface area contributed by atoms with Crippen molar-refractivity contribution in [2.45, 2.75) is 44.9 Å². The monoisotopic (exact) mass is 368 g/mol. The van der Waals surface area contributed by atoms with Gasteiger partial charge in [0.1, 0.15) is 0 Å². The summed E-state index contributed by atoms with van der Waals surface area (Å²) in [5.74, 6) is 1.69. The second-order valence-electron chi connectivity index (χ2n) is 8.03. The maximum absolute atomic E-state index is 5.34. The lowest BCUT2D eigenvalue weighted by Gasteiger charge is -2.33. The van der Waals surface area contributed by atoms with Crippen LogP contribution in [-0.2, 0) is 9.47 Å². The van der Waals surface area contributed by atoms with Gasteiger partial charge in [0.2, 0.25) is 0 Å². The predicted octanol–water partition coefficient (Wildman–Crippen LogP) is 2.11. The van der Waals surface area contributed by atoms with Gasteiger partial charge < -0.3 is 25.0 Å². The van der Waals surface area contributed by atoms with E-state index < -0.39 is 0 Å². The van der Waals surface area contributed by atoms with Gasteiger partial charge in [-0.05, 0) is 56.5 Å². The minimum Gasteiger partial charge on any atom is -0.385 e. The van der Waals surface area contributed by atoms with Gasteiger partial charge in [-0.2, -0.15) is 0 Å². The van der Waals surface area contributed by atoms with E-state index in [0.717, 1.165) is 51.1 Å². The maximum Gasteiger partial charge on any atom is 0.191 e. The molecule has 6 nitrogen and oxygen atoms in total. The lowest BCUT2D eigenvalue weighted by Crippen LogP contribution is -2.46. The van der Waals surface area contributed by atoms with Gasteiger partial charge in [0.25, 0.3) is 0 Å². The van der Waals surface area contributed by atoms with Crippen LogP contribution in [0.2, 0.25) is 0 Å². The molecule has 152 valence electrons. The van der Waals surface area contributed by atoms with E-state index in [-0.39, 0.29) is 0 Å². The van der Waals surface area contributed by atoms with Crippen molar-refractivity contribution >= 4 is 5.96 Å². The first-order valence-electron chi connectivity index (χ1n) is 10.4. The molecule has 2 N–H and O–H groups in total. The molecule has 1 aliphatic carbocycles. The van der Waals surface area contributed by atoms with Gasteiger partial charge in [0.05, 0.1) is 6.61 Å². The Kier molecular flexibility index (Phi) is 9.72. The largest absolute Gasteiger partial charge is 0.385 e. The normalized spacial score (nSPS) is 21.9. The van der Waals surface area contributed by atoms with Crippen molar-refractivity contribution in [2.24, 2.45) is 16.3 Å². The molecule has 1 saturated carbocycles. The van der Waals surface area contributed by atoms with Crippen LogP contribution in [0.15, 0.2) is 4.99 Å². The molecule has 6 heteroatoms. The highest BCUT2D eigenvalue weighted by Crippen LogP contribution is 2.40. The summed E-state index contributed by atoms with van der Waals surface area (Å²) in [6.45, 7) is 7.14. The Hall–Kier alpha value is -0.850. The highest BCUT2D eigenvalue weighted by atomic mass is 16.5. The number of methoxy groups -OCH3 is 2. The molecule has 2 aliphatic rings. The minimum absolute atomic E-state index is 0.389. The number of piperidine rings is 1. The fraction of sp³-hybridized carbons (Fsp3) is 0.950. The molecular weight excluding hydrogens is 328 g/mol. The first kappa shape index (κ1) is 21.5. The summed E-state index contributed by atoms with van der Waals surface area (Å²) in [4.78, 5) is 6.94. The van der Waals surface area contributed by atoms with Crippen molar-refractivity contribution in [2.75, 3.05) is 67.2 Å². The molecular formula is C20H40N4O2. The van der Waals surface area contributed by atoms with Gasteiger partial charge in [-0.3, -0.25) is 4.99 Å². The molecule has 2 rings (SSSR count). The molecule has 1 aliphatic heterocycles. The number of nitrogens with one attached hydrogen (secondary N) is 2. The highest BCUT2D eigenvalue weighted by molar-refractivity contribution is 5.79. The molecule has 0 aromatic heterocycles. The molecule has 1 heterocycles. The van der Waals surface area contributed by atoms with Crippen LogP contribution in [0.25, 0.3) is 0 Å². The number of aliphatic imine (C=N–C) groups is 1. The zero-order valence-corrected chi connectivity index (χ0v) is 17.2. The third kappa shape index (κ3) is 7.05. The summed E-state index contributed by atoms with van der Waals surface area (Å²) in [6, 6.07) is 0. The van der Waals surface area contributed by atoms with E-state index in [1.807, 2.05) is 7.05 Å². The fourth-order valence-corrected chi connectivity index (χ4v) is 4.33. The predicted molar refractivity (Wildman–Crippen MR) is 108 cm³/mol. The van der Waals surface area contributed by atoms with E-state index in [0.29, 0.717) is 5.41 Å². The van der Waals surface area contributed by atoms with Crippen molar-refractivity contribution in [3.63, 3.8) is 0 Å². The number of guanidine groups is 1. The fourth-order valence-electron chi connectivity index (χ4n) is 4.33. The zero-order chi connectivity index (χ0) is 18.7. The van der Waals surface area contributed by atoms with Crippen LogP contribution in [0.1, 0.15) is 44.9 Å². The van der Waals surface area contributed by atoms with E-state index in [9.17, 15) is 0 Å². The Labute approximate surface area is 160 Å². The first-order valence-corrected chi connectivity index (χ1v) is 10.4. The van der Waals surface area contributed by atoms with E-state index in [4.69, 9.17) is 9.47 Å². The molecule has 0 amide bonds. The highest BCUT2D eigenvalue weighted by Gasteiger charge is 2.33. The van der Waals surface area contributed by atoms with Crippen molar-refractivity contribution in [3.8, 4) is 0 Å². The van der Waals surface area contributed by atoms with Gasteiger partial charge in [0.15, 0.2) is 5.96 Å². The van der Waals surface area contributed by atoms with E-state index >= 15 is 0 Å². The summed E-state index contributed by atoms with van der Waals surface area (Å²) >= 11 is 0. The average Bonchev–Trinajstić information content (AvgIpc) is 3.15. The van der Waals surface area contributed by atoms with E-state index in [1.54, 1.807) is 14.2 Å². The van der Waals surface area contributed by atoms with Gasteiger partial charge >= 0.3 is 0 Å². The van der Waals surface area contributed by atoms with E-state index in [1.165, 1.54) is 51.6 Å². The van der Waals surface area contributed by atoms with Crippen molar-refractivity contribution < 1.29 is 9.47 Å². The number of nitrogens with zero attached hydrogens (tertiary/aromatic N) is 2. The van der Waals surface area contributed by atoms with Crippen LogP contribution in [-0.4, -0.2) is 78.1 Å². The van der Waals surface area contributed by atoms with Crippen molar-refractivity contribution in [1.29, 1.82) is 0 Å². The number of likely N-dealkylation sites (tertiary alicyclic amines) is 1. The second kappa shape index (κ2) is 11.8. The van der Waals surface area contributed by atoms with Crippen LogP contribution >= 0.6 is 0 Å². The third-order valence-electron chi connectivity index (χ3n) is 6.23. The zero-order valence-electron chi connectivity index (χ0n) is 17.2. The van der Waals surface area contributed by atoms with Crippen molar-refractivity contribution in [3.05, 3.63) is 0 Å². The first-order chi connectivity index (χ1) is 12.7. The SMILES string of the molecule is CN=C(NCC1CCN(CCOC)CC1)NCC1(CCOC)CCCC1. The van der Waals surface area contributed by atoms with Gasteiger partial charge in [0, 0.05) is 47.5 Å². The molecule has 0 atom stereocenters. The average molecular weight is 369 g/mol. The van der Waals surface area contributed by atoms with Gasteiger partial charge in [-0.15, -0.1) is 0 Å². The van der Waals surface area contributed by atoms with Crippen LogP contribution in [0.3, 0.4) is 0 Å². The Bertz CT molecular complexity index is 403. The van der Waals surface area contributed by atoms with Crippen molar-refractivity contribution in [1.82, 2.24) is 15.5 Å². The lowest BCUT2D eigenvalue weighted by atomic mass is 9.83. The smallest absolute Gasteiger partial charge is 0.191 e. The second-order valence-corrected chi connectivity index (χ2v) is 8.03. The standard InChI is InChI=1S/C20H40N4O2/c1-21-19(23-17-20(10-14-25-2)8-4-5-9-20)22-16-18-6-11-24(12-7-18)13-15-26-3/h18H,4-17H2,1-3H3,(H2,21,22,23). The van der Waals surface area contributed by atoms with Gasteiger partial charge in [-0.25, -0.2) is 0 Å². The molecule has 0 unspecified atom stereocenters. The number of rotatable bonds is 10. The Balaban J connectivity index is 1.68. The number of ether oxygens (including phenoxy) is 2. The number of hydrogen-bond acceptors (Lipinski definition) is 4. The number of hydrogen-bond donors (Lipinski definition) is 2. The summed E-state index contributed by atoms with van der Waals surface area (Å²) < 4.78 is 10.5. The maximum atomic E-state index is 5.34. The van der Waals surface area contributed by atoms with Crippen LogP contribution in [0.5, 0.6) is 0 Å². The van der Waals surface area contributed by atoms with Crippen LogP contribution in [0, 0.1) is 11.3 Å². The summed E-state index contributed by atoms with van der Waals surface area (Å²) in [5.41, 5.74) is 0.389. The molecule has 0 spiro atoms. The summed E-state index contributed by atoms with van der Waals surface area (Å²) in [5, 5.41) is 7.15. The molecule has 2 fully saturated rings. The lowest BCUT2D eigenvalue weighted by molar-refractivity contribution is 0.120. The minimum atomic E-state index is 0.389. The van der Waals surface area contributed by atoms with Crippen LogP contribution in [0.4, 0.5) is 0 Å². The molecule has 0 aromatic carbocycles. The Morgan fingerprint density at radius 2 is 1.77 bits per heavy atom. The topological polar surface area (TPSA) is 58.1 Å². The van der Waals surface area contributed by atoms with Gasteiger partial charge in [-0.1, -0.05) is 12.8 Å².